The van der Waals surface area contributed by atoms with Gasteiger partial charge in [-0.25, -0.2) is 0 Å². The summed E-state index contributed by atoms with van der Waals surface area (Å²) in [6.45, 7) is 5.82. The Kier molecular flexibility index (Phi) is 2.97. The third-order valence-corrected chi connectivity index (χ3v) is 3.86. The zero-order valence-electron chi connectivity index (χ0n) is 10.4. The number of hydrogen-bond donors (Lipinski definition) is 1. The van der Waals surface area contributed by atoms with E-state index < -0.39 is 5.60 Å². The van der Waals surface area contributed by atoms with E-state index in [0.717, 1.165) is 12.8 Å². The van der Waals surface area contributed by atoms with E-state index in [1.807, 2.05) is 25.8 Å². The largest absolute Gasteiger partial charge is 0.387 e. The van der Waals surface area contributed by atoms with Crippen LogP contribution in [0.25, 0.3) is 0 Å². The first-order valence-corrected chi connectivity index (χ1v) is 6.13. The van der Waals surface area contributed by atoms with E-state index in [1.165, 1.54) is 0 Å². The first kappa shape index (κ1) is 11.9. The molecule has 1 heterocycles. The zero-order chi connectivity index (χ0) is 11.9. The Bertz CT molecular complexity index is 281. The van der Waals surface area contributed by atoms with E-state index in [0.29, 0.717) is 25.6 Å². The summed E-state index contributed by atoms with van der Waals surface area (Å²) in [7, 11) is 1.83. The molecule has 4 heteroatoms. The number of aliphatic hydroxyl groups is 1. The average molecular weight is 226 g/mol. The Morgan fingerprint density at radius 2 is 2.06 bits per heavy atom. The van der Waals surface area contributed by atoms with Crippen LogP contribution in [0.2, 0.25) is 0 Å². The fraction of sp³-hybridized carbons (Fsp3) is 0.917. The highest BCUT2D eigenvalue weighted by Crippen LogP contribution is 2.44. The molecule has 0 aromatic rings. The first-order chi connectivity index (χ1) is 7.42. The van der Waals surface area contributed by atoms with Crippen molar-refractivity contribution < 1.29 is 9.90 Å². The standard InChI is InChI=1S/C12H22N2O2/c1-9(2)13(3)11(15)6-14-7-12(16,8-14)10-4-5-10/h9-10,16H,4-8H2,1-3H3. The average Bonchev–Trinajstić information content (AvgIpc) is 2.96. The molecule has 1 N–H and O–H groups in total. The van der Waals surface area contributed by atoms with Crippen molar-refractivity contribution in [3.63, 3.8) is 0 Å². The smallest absolute Gasteiger partial charge is 0.236 e. The SMILES string of the molecule is CC(C)N(C)C(=O)CN1CC(O)(C2CC2)C1. The van der Waals surface area contributed by atoms with Gasteiger partial charge in [0.15, 0.2) is 0 Å². The van der Waals surface area contributed by atoms with Crippen molar-refractivity contribution in [2.24, 2.45) is 5.92 Å². The predicted octanol–water partition coefficient (Wildman–Crippen LogP) is 0.310. The summed E-state index contributed by atoms with van der Waals surface area (Å²) in [6, 6.07) is 0.246. The Morgan fingerprint density at radius 1 is 1.50 bits per heavy atom. The summed E-state index contributed by atoms with van der Waals surface area (Å²) in [6.07, 6.45) is 2.31. The maximum atomic E-state index is 11.8. The molecule has 0 spiro atoms. The van der Waals surface area contributed by atoms with E-state index in [4.69, 9.17) is 0 Å². The van der Waals surface area contributed by atoms with Crippen LogP contribution in [0.4, 0.5) is 0 Å². The van der Waals surface area contributed by atoms with Gasteiger partial charge in [-0.05, 0) is 32.6 Å². The van der Waals surface area contributed by atoms with Crippen molar-refractivity contribution in [1.29, 1.82) is 0 Å². The molecular formula is C12H22N2O2. The van der Waals surface area contributed by atoms with Gasteiger partial charge in [0.1, 0.15) is 0 Å². The molecule has 1 aliphatic carbocycles. The van der Waals surface area contributed by atoms with Gasteiger partial charge >= 0.3 is 0 Å². The van der Waals surface area contributed by atoms with Crippen LogP contribution in [-0.4, -0.2) is 59.1 Å². The number of rotatable bonds is 4. The van der Waals surface area contributed by atoms with Crippen molar-refractivity contribution in [3.05, 3.63) is 0 Å². The van der Waals surface area contributed by atoms with Crippen LogP contribution in [0.1, 0.15) is 26.7 Å². The summed E-state index contributed by atoms with van der Waals surface area (Å²) in [5, 5.41) is 10.1. The van der Waals surface area contributed by atoms with E-state index in [9.17, 15) is 9.90 Å². The van der Waals surface area contributed by atoms with Gasteiger partial charge in [-0.2, -0.15) is 0 Å². The molecule has 2 fully saturated rings. The number of nitrogens with zero attached hydrogens (tertiary/aromatic N) is 2. The fourth-order valence-corrected chi connectivity index (χ4v) is 2.31. The molecule has 0 unspecified atom stereocenters. The van der Waals surface area contributed by atoms with Gasteiger partial charge < -0.3 is 10.0 Å². The summed E-state index contributed by atoms with van der Waals surface area (Å²) >= 11 is 0. The van der Waals surface area contributed by atoms with Gasteiger partial charge in [0.2, 0.25) is 5.91 Å². The van der Waals surface area contributed by atoms with Crippen LogP contribution in [0.5, 0.6) is 0 Å². The molecule has 4 nitrogen and oxygen atoms in total. The van der Waals surface area contributed by atoms with E-state index >= 15 is 0 Å². The molecule has 1 amide bonds. The Morgan fingerprint density at radius 3 is 2.50 bits per heavy atom. The Hall–Kier alpha value is -0.610. The number of hydrogen-bond acceptors (Lipinski definition) is 3. The first-order valence-electron chi connectivity index (χ1n) is 6.13. The van der Waals surface area contributed by atoms with Gasteiger partial charge in [0.25, 0.3) is 0 Å². The van der Waals surface area contributed by atoms with Gasteiger partial charge in [0, 0.05) is 26.2 Å². The molecule has 0 radical (unpaired) electrons. The minimum absolute atomic E-state index is 0.146. The molecule has 2 aliphatic rings. The molecule has 1 saturated carbocycles. The zero-order valence-corrected chi connectivity index (χ0v) is 10.4. The molecule has 1 aliphatic heterocycles. The van der Waals surface area contributed by atoms with Gasteiger partial charge in [-0.15, -0.1) is 0 Å². The topological polar surface area (TPSA) is 43.8 Å². The minimum atomic E-state index is -0.476. The number of likely N-dealkylation sites (tertiary alicyclic amines) is 1. The lowest BCUT2D eigenvalue weighted by Gasteiger charge is -2.47. The molecule has 2 rings (SSSR count). The summed E-state index contributed by atoms with van der Waals surface area (Å²) in [5.41, 5.74) is -0.476. The Labute approximate surface area is 97.2 Å². The molecule has 0 aromatic carbocycles. The maximum Gasteiger partial charge on any atom is 0.236 e. The summed E-state index contributed by atoms with van der Waals surface area (Å²) in [5.74, 6) is 0.648. The maximum absolute atomic E-state index is 11.8. The third kappa shape index (κ3) is 2.23. The molecule has 0 aromatic heterocycles. The molecule has 0 atom stereocenters. The minimum Gasteiger partial charge on any atom is -0.387 e. The second-order valence-corrected chi connectivity index (χ2v) is 5.62. The van der Waals surface area contributed by atoms with Gasteiger partial charge in [-0.3, -0.25) is 9.69 Å². The van der Waals surface area contributed by atoms with Crippen LogP contribution in [0.3, 0.4) is 0 Å². The van der Waals surface area contributed by atoms with Crippen LogP contribution in [-0.2, 0) is 4.79 Å². The van der Waals surface area contributed by atoms with E-state index in [-0.39, 0.29) is 11.9 Å². The molecule has 0 bridgehead atoms. The molecule has 1 saturated heterocycles. The lowest BCUT2D eigenvalue weighted by molar-refractivity contribution is -0.144. The van der Waals surface area contributed by atoms with Gasteiger partial charge in [0.05, 0.1) is 12.1 Å². The lowest BCUT2D eigenvalue weighted by atomic mass is 9.89. The molecular weight excluding hydrogens is 204 g/mol. The van der Waals surface area contributed by atoms with Crippen LogP contribution in [0, 0.1) is 5.92 Å². The number of carbonyl (C=O) groups excluding carboxylic acids is 1. The lowest BCUT2D eigenvalue weighted by Crippen LogP contribution is -2.64. The fourth-order valence-electron chi connectivity index (χ4n) is 2.31. The van der Waals surface area contributed by atoms with Crippen molar-refractivity contribution in [3.8, 4) is 0 Å². The van der Waals surface area contributed by atoms with E-state index in [2.05, 4.69) is 0 Å². The molecule has 16 heavy (non-hydrogen) atoms. The second-order valence-electron chi connectivity index (χ2n) is 5.62. The quantitative estimate of drug-likeness (QED) is 0.750. The predicted molar refractivity (Wildman–Crippen MR) is 62.0 cm³/mol. The number of amides is 1. The summed E-state index contributed by atoms with van der Waals surface area (Å²) in [4.78, 5) is 15.6. The number of likely N-dealkylation sites (N-methyl/N-ethyl adjacent to an activating group) is 1. The highest BCUT2D eigenvalue weighted by Gasteiger charge is 2.52. The van der Waals surface area contributed by atoms with Crippen molar-refractivity contribution in [2.75, 3.05) is 26.7 Å². The third-order valence-electron chi connectivity index (χ3n) is 3.86. The molecule has 92 valence electrons. The van der Waals surface area contributed by atoms with Crippen molar-refractivity contribution in [1.82, 2.24) is 9.80 Å². The van der Waals surface area contributed by atoms with Crippen molar-refractivity contribution in [2.45, 2.75) is 38.3 Å². The summed E-state index contributed by atoms with van der Waals surface area (Å²) < 4.78 is 0. The highest BCUT2D eigenvalue weighted by molar-refractivity contribution is 5.78. The van der Waals surface area contributed by atoms with Crippen LogP contribution < -0.4 is 0 Å². The monoisotopic (exact) mass is 226 g/mol. The van der Waals surface area contributed by atoms with Crippen LogP contribution in [0.15, 0.2) is 0 Å². The van der Waals surface area contributed by atoms with Crippen molar-refractivity contribution >= 4 is 5.91 Å². The van der Waals surface area contributed by atoms with Crippen LogP contribution >= 0.6 is 0 Å². The van der Waals surface area contributed by atoms with E-state index in [1.54, 1.807) is 4.90 Å². The second kappa shape index (κ2) is 4.00. The van der Waals surface area contributed by atoms with Gasteiger partial charge in [-0.1, -0.05) is 0 Å². The normalized spacial score (nSPS) is 24.3. The highest BCUT2D eigenvalue weighted by atomic mass is 16.3. The Balaban J connectivity index is 1.74. The number of carbonyl (C=O) groups is 1. The number of β-amino-alcohol motifs (C(OH)–C–C–N with tert-alkyl or cyclic N) is 1.